The molecular weight excluding hydrogens is 326 g/mol. The van der Waals surface area contributed by atoms with Crippen molar-refractivity contribution in [2.24, 2.45) is 0 Å². The van der Waals surface area contributed by atoms with Crippen LogP contribution in [0.25, 0.3) is 0 Å². The number of nitrogens with one attached hydrogen (secondary N) is 1. The Morgan fingerprint density at radius 1 is 1.12 bits per heavy atom. The predicted molar refractivity (Wildman–Crippen MR) is 93.5 cm³/mol. The van der Waals surface area contributed by atoms with Gasteiger partial charge in [-0.2, -0.15) is 0 Å². The fourth-order valence-electron chi connectivity index (χ4n) is 2.68. The van der Waals surface area contributed by atoms with Gasteiger partial charge in [0.05, 0.1) is 0 Å². The first-order chi connectivity index (χ1) is 11.5. The molecule has 24 heavy (non-hydrogen) atoms. The number of rotatable bonds is 3. The maximum Gasteiger partial charge on any atom is 0.274 e. The zero-order valence-corrected chi connectivity index (χ0v) is 14.1. The summed E-state index contributed by atoms with van der Waals surface area (Å²) in [6.45, 7) is 3.38. The molecule has 2 aromatic rings. The summed E-state index contributed by atoms with van der Waals surface area (Å²) in [6, 6.07) is 10.2. The van der Waals surface area contributed by atoms with E-state index in [0.29, 0.717) is 16.4 Å². The quantitative estimate of drug-likeness (QED) is 0.927. The van der Waals surface area contributed by atoms with E-state index in [4.69, 9.17) is 11.6 Å². The minimum atomic E-state index is -0.364. The van der Waals surface area contributed by atoms with Gasteiger partial charge < -0.3 is 10.2 Å². The summed E-state index contributed by atoms with van der Waals surface area (Å²) in [5, 5.41) is 3.34. The van der Waals surface area contributed by atoms with E-state index in [-0.39, 0.29) is 17.5 Å². The number of anilines is 1. The SMILES string of the molecule is Cc1ccc(Cl)cc1NC(=O)c1cccc(C(=O)N2CCCC2)n1. The van der Waals surface area contributed by atoms with Crippen LogP contribution in [0.1, 0.15) is 39.4 Å². The highest BCUT2D eigenvalue weighted by atomic mass is 35.5. The van der Waals surface area contributed by atoms with Crippen molar-refractivity contribution in [3.63, 3.8) is 0 Å². The van der Waals surface area contributed by atoms with Crippen LogP contribution < -0.4 is 5.32 Å². The number of carbonyl (C=O) groups is 2. The maximum atomic E-state index is 12.4. The number of amides is 2. The molecular formula is C18H18ClN3O2. The van der Waals surface area contributed by atoms with Gasteiger partial charge in [0.1, 0.15) is 11.4 Å². The van der Waals surface area contributed by atoms with Gasteiger partial charge in [-0.25, -0.2) is 4.98 Å². The Morgan fingerprint density at radius 2 is 1.83 bits per heavy atom. The van der Waals surface area contributed by atoms with Crippen molar-refractivity contribution in [3.05, 3.63) is 58.4 Å². The summed E-state index contributed by atoms with van der Waals surface area (Å²) in [7, 11) is 0. The Balaban J connectivity index is 1.79. The van der Waals surface area contributed by atoms with Crippen molar-refractivity contribution >= 4 is 29.1 Å². The molecule has 0 radical (unpaired) electrons. The van der Waals surface area contributed by atoms with Gasteiger partial charge in [0.25, 0.3) is 11.8 Å². The minimum Gasteiger partial charge on any atom is -0.337 e. The molecule has 0 unspecified atom stereocenters. The number of hydrogen-bond donors (Lipinski definition) is 1. The minimum absolute atomic E-state index is 0.124. The Kier molecular flexibility index (Phi) is 4.81. The van der Waals surface area contributed by atoms with E-state index < -0.39 is 0 Å². The van der Waals surface area contributed by atoms with Crippen molar-refractivity contribution in [2.45, 2.75) is 19.8 Å². The van der Waals surface area contributed by atoms with Gasteiger partial charge in [0.15, 0.2) is 0 Å². The molecule has 0 saturated carbocycles. The largest absolute Gasteiger partial charge is 0.337 e. The number of likely N-dealkylation sites (tertiary alicyclic amines) is 1. The zero-order chi connectivity index (χ0) is 17.1. The normalized spacial score (nSPS) is 13.8. The molecule has 1 N–H and O–H groups in total. The second kappa shape index (κ2) is 7.01. The first kappa shape index (κ1) is 16.5. The molecule has 0 aliphatic carbocycles. The number of carbonyl (C=O) groups excluding carboxylic acids is 2. The van der Waals surface area contributed by atoms with Crippen LogP contribution in [-0.4, -0.2) is 34.8 Å². The molecule has 124 valence electrons. The molecule has 2 heterocycles. The standard InChI is InChI=1S/C18H18ClN3O2/c1-12-7-8-13(19)11-16(12)21-17(23)14-5-4-6-15(20-14)18(24)22-9-2-3-10-22/h4-8,11H,2-3,9-10H2,1H3,(H,21,23). The van der Waals surface area contributed by atoms with Crippen LogP contribution in [-0.2, 0) is 0 Å². The van der Waals surface area contributed by atoms with Crippen LogP contribution in [0.4, 0.5) is 5.69 Å². The molecule has 3 rings (SSSR count). The Morgan fingerprint density at radius 3 is 2.58 bits per heavy atom. The third kappa shape index (κ3) is 3.57. The molecule has 0 atom stereocenters. The lowest BCUT2D eigenvalue weighted by atomic mass is 10.2. The van der Waals surface area contributed by atoms with Crippen LogP contribution in [0.3, 0.4) is 0 Å². The van der Waals surface area contributed by atoms with Crippen LogP contribution in [0.2, 0.25) is 5.02 Å². The number of pyridine rings is 1. The topological polar surface area (TPSA) is 62.3 Å². The average Bonchev–Trinajstić information content (AvgIpc) is 3.12. The molecule has 0 bridgehead atoms. The highest BCUT2D eigenvalue weighted by Gasteiger charge is 2.21. The summed E-state index contributed by atoms with van der Waals surface area (Å²) in [4.78, 5) is 30.8. The van der Waals surface area contributed by atoms with Crippen LogP contribution in [0.5, 0.6) is 0 Å². The zero-order valence-electron chi connectivity index (χ0n) is 13.4. The summed E-state index contributed by atoms with van der Waals surface area (Å²) in [5.74, 6) is -0.488. The lowest BCUT2D eigenvalue weighted by Crippen LogP contribution is -2.29. The summed E-state index contributed by atoms with van der Waals surface area (Å²) < 4.78 is 0. The lowest BCUT2D eigenvalue weighted by molar-refractivity contribution is 0.0787. The van der Waals surface area contributed by atoms with Crippen molar-refractivity contribution < 1.29 is 9.59 Å². The lowest BCUT2D eigenvalue weighted by Gasteiger charge is -2.15. The van der Waals surface area contributed by atoms with E-state index in [1.807, 2.05) is 13.0 Å². The Hall–Kier alpha value is -2.40. The van der Waals surface area contributed by atoms with E-state index >= 15 is 0 Å². The summed E-state index contributed by atoms with van der Waals surface area (Å²) in [5.41, 5.74) is 2.04. The van der Waals surface area contributed by atoms with Crippen LogP contribution in [0.15, 0.2) is 36.4 Å². The first-order valence-corrected chi connectivity index (χ1v) is 8.26. The Bertz CT molecular complexity index is 786. The highest BCUT2D eigenvalue weighted by molar-refractivity contribution is 6.31. The summed E-state index contributed by atoms with van der Waals surface area (Å²) in [6.07, 6.45) is 2.03. The fraction of sp³-hybridized carbons (Fsp3) is 0.278. The van der Waals surface area contributed by atoms with E-state index in [2.05, 4.69) is 10.3 Å². The second-order valence-electron chi connectivity index (χ2n) is 5.82. The predicted octanol–water partition coefficient (Wildman–Crippen LogP) is 3.53. The van der Waals surface area contributed by atoms with Crippen LogP contribution >= 0.6 is 11.6 Å². The van der Waals surface area contributed by atoms with Gasteiger partial charge >= 0.3 is 0 Å². The molecule has 1 aliphatic heterocycles. The van der Waals surface area contributed by atoms with Gasteiger partial charge in [-0.05, 0) is 49.6 Å². The molecule has 0 spiro atoms. The molecule has 1 saturated heterocycles. The van der Waals surface area contributed by atoms with Gasteiger partial charge in [0.2, 0.25) is 0 Å². The third-order valence-corrected chi connectivity index (χ3v) is 4.28. The molecule has 1 aliphatic rings. The molecule has 2 amide bonds. The molecule has 1 fully saturated rings. The number of hydrogen-bond acceptors (Lipinski definition) is 3. The van der Waals surface area contributed by atoms with Crippen molar-refractivity contribution in [1.29, 1.82) is 0 Å². The maximum absolute atomic E-state index is 12.4. The number of aromatic nitrogens is 1. The van der Waals surface area contributed by atoms with Gasteiger partial charge in [-0.15, -0.1) is 0 Å². The van der Waals surface area contributed by atoms with Gasteiger partial charge in [0, 0.05) is 23.8 Å². The van der Waals surface area contributed by atoms with E-state index in [9.17, 15) is 9.59 Å². The van der Waals surface area contributed by atoms with E-state index in [1.165, 1.54) is 0 Å². The molecule has 1 aromatic carbocycles. The van der Waals surface area contributed by atoms with Gasteiger partial charge in [-0.1, -0.05) is 23.7 Å². The third-order valence-electron chi connectivity index (χ3n) is 4.04. The monoisotopic (exact) mass is 343 g/mol. The fourth-order valence-corrected chi connectivity index (χ4v) is 2.85. The van der Waals surface area contributed by atoms with Crippen molar-refractivity contribution in [2.75, 3.05) is 18.4 Å². The Labute approximate surface area is 145 Å². The van der Waals surface area contributed by atoms with Crippen LogP contribution in [0, 0.1) is 6.92 Å². The highest BCUT2D eigenvalue weighted by Crippen LogP contribution is 2.21. The number of halogens is 1. The van der Waals surface area contributed by atoms with Crippen molar-refractivity contribution in [1.82, 2.24) is 9.88 Å². The van der Waals surface area contributed by atoms with Gasteiger partial charge in [-0.3, -0.25) is 9.59 Å². The average molecular weight is 344 g/mol. The second-order valence-corrected chi connectivity index (χ2v) is 6.26. The number of nitrogens with zero attached hydrogens (tertiary/aromatic N) is 2. The molecule has 5 nitrogen and oxygen atoms in total. The van der Waals surface area contributed by atoms with E-state index in [0.717, 1.165) is 31.5 Å². The number of benzene rings is 1. The smallest absolute Gasteiger partial charge is 0.274 e. The molecule has 1 aromatic heterocycles. The van der Waals surface area contributed by atoms with Crippen molar-refractivity contribution in [3.8, 4) is 0 Å². The molecule has 6 heteroatoms. The number of aryl methyl sites for hydroxylation is 1. The van der Waals surface area contributed by atoms with E-state index in [1.54, 1.807) is 35.2 Å². The summed E-state index contributed by atoms with van der Waals surface area (Å²) >= 11 is 5.97. The first-order valence-electron chi connectivity index (χ1n) is 7.88.